The van der Waals surface area contributed by atoms with Gasteiger partial charge in [-0.05, 0) is 12.8 Å². The van der Waals surface area contributed by atoms with Crippen molar-refractivity contribution in [3.8, 4) is 0 Å². The quantitative estimate of drug-likeness (QED) is 0.242. The van der Waals surface area contributed by atoms with Crippen LogP contribution in [-0.2, 0) is 23.9 Å². The maximum atomic E-state index is 11.9. The Kier molecular flexibility index (Phi) is 12.3. The van der Waals surface area contributed by atoms with E-state index in [9.17, 15) is 14.4 Å². The Hall–Kier alpha value is -2.11. The predicted molar refractivity (Wildman–Crippen MR) is 85.8 cm³/mol. The van der Waals surface area contributed by atoms with Gasteiger partial charge in [0.05, 0.1) is 12.3 Å². The highest BCUT2D eigenvalue weighted by Gasteiger charge is 2.20. The third-order valence-electron chi connectivity index (χ3n) is 3.03. The number of unbranched alkanes of at least 4 members (excludes halogenated alkanes) is 4. The lowest BCUT2D eigenvalue weighted by molar-refractivity contribution is -0.154. The number of hydrogen-bond donors (Lipinski definition) is 1. The minimum atomic E-state index is -1.07. The molecule has 1 unspecified atom stereocenters. The molecule has 0 aliphatic carbocycles. The molecular formula is C17H26O6. The molecule has 0 heterocycles. The number of rotatable bonds is 13. The summed E-state index contributed by atoms with van der Waals surface area (Å²) in [6.45, 7) is 5.17. The van der Waals surface area contributed by atoms with E-state index >= 15 is 0 Å². The van der Waals surface area contributed by atoms with Crippen LogP contribution in [0.15, 0.2) is 24.8 Å². The maximum Gasteiger partial charge on any atom is 0.330 e. The number of aliphatic carboxylic acids is 1. The standard InChI is InChI=1S/C17H26O6/c1-3-5-6-7-8-9-10-14(13-15(18)19)17(21)23-12-11-22-16(20)4-2/h4,9-10,14H,2-3,5-8,11-13H2,1H3,(H,18,19). The lowest BCUT2D eigenvalue weighted by Gasteiger charge is -2.10. The third-order valence-corrected chi connectivity index (χ3v) is 3.03. The summed E-state index contributed by atoms with van der Waals surface area (Å²) in [6.07, 6.45) is 9.33. The first-order valence-corrected chi connectivity index (χ1v) is 7.85. The van der Waals surface area contributed by atoms with E-state index in [4.69, 9.17) is 9.84 Å². The molecule has 0 aromatic carbocycles. The van der Waals surface area contributed by atoms with E-state index in [-0.39, 0.29) is 19.6 Å². The van der Waals surface area contributed by atoms with Crippen molar-refractivity contribution in [1.29, 1.82) is 0 Å². The second-order valence-corrected chi connectivity index (χ2v) is 5.02. The van der Waals surface area contributed by atoms with Crippen LogP contribution in [0.1, 0.15) is 45.4 Å². The average molecular weight is 326 g/mol. The minimum absolute atomic E-state index is 0.0862. The monoisotopic (exact) mass is 326 g/mol. The van der Waals surface area contributed by atoms with Gasteiger partial charge >= 0.3 is 17.9 Å². The van der Waals surface area contributed by atoms with Gasteiger partial charge in [-0.1, -0.05) is 44.9 Å². The molecule has 0 saturated heterocycles. The van der Waals surface area contributed by atoms with Crippen molar-refractivity contribution in [1.82, 2.24) is 0 Å². The Bertz CT molecular complexity index is 413. The molecular weight excluding hydrogens is 300 g/mol. The van der Waals surface area contributed by atoms with Gasteiger partial charge < -0.3 is 14.6 Å². The number of hydrogen-bond acceptors (Lipinski definition) is 5. The van der Waals surface area contributed by atoms with Crippen LogP contribution in [0.2, 0.25) is 0 Å². The lowest BCUT2D eigenvalue weighted by atomic mass is 10.0. The van der Waals surface area contributed by atoms with E-state index < -0.39 is 23.8 Å². The largest absolute Gasteiger partial charge is 0.481 e. The Labute approximate surface area is 137 Å². The number of allylic oxidation sites excluding steroid dienone is 1. The van der Waals surface area contributed by atoms with E-state index in [1.54, 1.807) is 6.08 Å². The highest BCUT2D eigenvalue weighted by Crippen LogP contribution is 2.11. The number of carbonyl (C=O) groups excluding carboxylic acids is 2. The Balaban J connectivity index is 4.21. The van der Waals surface area contributed by atoms with E-state index in [1.165, 1.54) is 0 Å². The van der Waals surface area contributed by atoms with Crippen LogP contribution in [0.5, 0.6) is 0 Å². The average Bonchev–Trinajstić information content (AvgIpc) is 2.52. The van der Waals surface area contributed by atoms with Gasteiger partial charge in [-0.2, -0.15) is 0 Å². The molecule has 0 radical (unpaired) electrons. The Morgan fingerprint density at radius 2 is 1.83 bits per heavy atom. The molecule has 0 spiro atoms. The van der Waals surface area contributed by atoms with Gasteiger partial charge in [0, 0.05) is 6.08 Å². The van der Waals surface area contributed by atoms with Crippen LogP contribution in [0.3, 0.4) is 0 Å². The van der Waals surface area contributed by atoms with Crippen molar-refractivity contribution in [2.45, 2.75) is 45.4 Å². The van der Waals surface area contributed by atoms with Gasteiger partial charge in [0.25, 0.3) is 0 Å². The highest BCUT2D eigenvalue weighted by atomic mass is 16.6. The normalized spacial score (nSPS) is 11.9. The summed E-state index contributed by atoms with van der Waals surface area (Å²) >= 11 is 0. The summed E-state index contributed by atoms with van der Waals surface area (Å²) in [7, 11) is 0. The molecule has 6 heteroatoms. The maximum absolute atomic E-state index is 11.9. The number of ether oxygens (including phenoxy) is 2. The van der Waals surface area contributed by atoms with Crippen molar-refractivity contribution >= 4 is 17.9 Å². The van der Waals surface area contributed by atoms with Crippen molar-refractivity contribution in [2.24, 2.45) is 5.92 Å². The number of esters is 2. The van der Waals surface area contributed by atoms with Crippen LogP contribution in [0, 0.1) is 5.92 Å². The summed E-state index contributed by atoms with van der Waals surface area (Å²) in [6, 6.07) is 0. The van der Waals surface area contributed by atoms with E-state index in [1.807, 2.05) is 6.08 Å². The van der Waals surface area contributed by atoms with Crippen molar-refractivity contribution in [2.75, 3.05) is 13.2 Å². The summed E-state index contributed by atoms with van der Waals surface area (Å²) in [5.74, 6) is -3.13. The fraction of sp³-hybridized carbons (Fsp3) is 0.588. The van der Waals surface area contributed by atoms with Crippen LogP contribution in [-0.4, -0.2) is 36.2 Å². The van der Waals surface area contributed by atoms with Crippen LogP contribution < -0.4 is 0 Å². The molecule has 0 aliphatic rings. The van der Waals surface area contributed by atoms with Crippen LogP contribution in [0.4, 0.5) is 0 Å². The first kappa shape index (κ1) is 20.9. The fourth-order valence-corrected chi connectivity index (χ4v) is 1.82. The SMILES string of the molecule is C=CC(=O)OCCOC(=O)C(C=CCCCCCC)CC(=O)O. The highest BCUT2D eigenvalue weighted by molar-refractivity contribution is 5.81. The molecule has 130 valence electrons. The molecule has 23 heavy (non-hydrogen) atoms. The molecule has 0 saturated carbocycles. The molecule has 6 nitrogen and oxygen atoms in total. The van der Waals surface area contributed by atoms with Crippen molar-refractivity contribution in [3.05, 3.63) is 24.8 Å². The first-order valence-electron chi connectivity index (χ1n) is 7.85. The van der Waals surface area contributed by atoms with Crippen LogP contribution in [0.25, 0.3) is 0 Å². The molecule has 0 fully saturated rings. The number of carbonyl (C=O) groups is 3. The molecule has 0 aliphatic heterocycles. The molecule has 0 bridgehead atoms. The minimum Gasteiger partial charge on any atom is -0.481 e. The van der Waals surface area contributed by atoms with Gasteiger partial charge in [-0.3, -0.25) is 9.59 Å². The number of carboxylic acids is 1. The zero-order chi connectivity index (χ0) is 17.5. The Morgan fingerprint density at radius 1 is 1.13 bits per heavy atom. The zero-order valence-corrected chi connectivity index (χ0v) is 13.7. The second-order valence-electron chi connectivity index (χ2n) is 5.02. The smallest absolute Gasteiger partial charge is 0.330 e. The summed E-state index contributed by atoms with van der Waals surface area (Å²) in [5, 5.41) is 8.86. The molecule has 1 atom stereocenters. The second kappa shape index (κ2) is 13.5. The van der Waals surface area contributed by atoms with Gasteiger partial charge in [0.15, 0.2) is 0 Å². The van der Waals surface area contributed by atoms with Gasteiger partial charge in [-0.25, -0.2) is 4.79 Å². The molecule has 0 rings (SSSR count). The van der Waals surface area contributed by atoms with E-state index in [0.29, 0.717) is 0 Å². The van der Waals surface area contributed by atoms with Gasteiger partial charge in [0.2, 0.25) is 0 Å². The topological polar surface area (TPSA) is 89.9 Å². The van der Waals surface area contributed by atoms with Crippen LogP contribution >= 0.6 is 0 Å². The van der Waals surface area contributed by atoms with Crippen molar-refractivity contribution < 1.29 is 29.0 Å². The molecule has 1 N–H and O–H groups in total. The number of carboxylic acid groups (broad SMARTS) is 1. The zero-order valence-electron chi connectivity index (χ0n) is 13.7. The van der Waals surface area contributed by atoms with Crippen molar-refractivity contribution in [3.63, 3.8) is 0 Å². The van der Waals surface area contributed by atoms with Gasteiger partial charge in [0.1, 0.15) is 13.2 Å². The molecule has 0 aromatic heterocycles. The summed E-state index contributed by atoms with van der Waals surface area (Å²) in [5.41, 5.74) is 0. The molecule has 0 amide bonds. The van der Waals surface area contributed by atoms with Gasteiger partial charge in [-0.15, -0.1) is 0 Å². The van der Waals surface area contributed by atoms with E-state index in [2.05, 4.69) is 18.2 Å². The first-order chi connectivity index (χ1) is 11.0. The third kappa shape index (κ3) is 12.1. The van der Waals surface area contributed by atoms with E-state index in [0.717, 1.165) is 38.2 Å². The summed E-state index contributed by atoms with van der Waals surface area (Å²) < 4.78 is 9.60. The lowest BCUT2D eigenvalue weighted by Crippen LogP contribution is -2.21. The fourth-order valence-electron chi connectivity index (χ4n) is 1.82. The Morgan fingerprint density at radius 3 is 2.43 bits per heavy atom. The molecule has 0 aromatic rings. The predicted octanol–water partition coefficient (Wildman–Crippen LogP) is 2.88. The summed E-state index contributed by atoms with van der Waals surface area (Å²) in [4.78, 5) is 33.5.